The Balaban J connectivity index is 1.69. The summed E-state index contributed by atoms with van der Waals surface area (Å²) in [6.45, 7) is 2.22. The van der Waals surface area contributed by atoms with Crippen molar-refractivity contribution in [2.24, 2.45) is 0 Å². The molecular weight excluding hydrogens is 256 g/mol. The molecule has 0 aromatic carbocycles. The fourth-order valence-electron chi connectivity index (χ4n) is 3.79. The third-order valence-corrected chi connectivity index (χ3v) is 6.24. The van der Waals surface area contributed by atoms with Crippen LogP contribution in [0.25, 0.3) is 0 Å². The molecule has 3 fully saturated rings. The van der Waals surface area contributed by atoms with Crippen LogP contribution in [0.3, 0.4) is 0 Å². The zero-order valence-electron chi connectivity index (χ0n) is 12.2. The SMILES string of the molecule is CCCC1NC2(CC2)C(=O)N1C1CCC(SC)CC1. The maximum atomic E-state index is 12.7. The Morgan fingerprint density at radius 1 is 1.32 bits per heavy atom. The number of hydrogen-bond acceptors (Lipinski definition) is 3. The van der Waals surface area contributed by atoms with Crippen molar-refractivity contribution in [1.29, 1.82) is 0 Å². The van der Waals surface area contributed by atoms with Gasteiger partial charge in [0.05, 0.1) is 11.7 Å². The van der Waals surface area contributed by atoms with E-state index in [1.807, 2.05) is 11.8 Å². The number of amides is 1. The first-order chi connectivity index (χ1) is 9.20. The highest BCUT2D eigenvalue weighted by Gasteiger charge is 2.59. The van der Waals surface area contributed by atoms with Crippen LogP contribution in [0.1, 0.15) is 58.3 Å². The zero-order chi connectivity index (χ0) is 13.5. The molecule has 1 atom stereocenters. The Morgan fingerprint density at radius 3 is 2.53 bits per heavy atom. The van der Waals surface area contributed by atoms with Gasteiger partial charge in [-0.2, -0.15) is 11.8 Å². The summed E-state index contributed by atoms with van der Waals surface area (Å²) in [5.41, 5.74) is -0.129. The van der Waals surface area contributed by atoms with Gasteiger partial charge in [0.1, 0.15) is 0 Å². The predicted octanol–water partition coefficient (Wildman–Crippen LogP) is 2.75. The zero-order valence-corrected chi connectivity index (χ0v) is 13.0. The lowest BCUT2D eigenvalue weighted by molar-refractivity contribution is -0.133. The van der Waals surface area contributed by atoms with Crippen molar-refractivity contribution < 1.29 is 4.79 Å². The fourth-order valence-corrected chi connectivity index (χ4v) is 4.53. The van der Waals surface area contributed by atoms with Crippen molar-refractivity contribution in [1.82, 2.24) is 10.2 Å². The molecule has 1 N–H and O–H groups in total. The van der Waals surface area contributed by atoms with Crippen LogP contribution in [-0.2, 0) is 4.79 Å². The summed E-state index contributed by atoms with van der Waals surface area (Å²) in [5, 5.41) is 4.46. The molecule has 1 aliphatic heterocycles. The van der Waals surface area contributed by atoms with E-state index in [2.05, 4.69) is 23.4 Å². The number of nitrogens with one attached hydrogen (secondary N) is 1. The summed E-state index contributed by atoms with van der Waals surface area (Å²) < 4.78 is 0. The van der Waals surface area contributed by atoms with Gasteiger partial charge in [-0.25, -0.2) is 0 Å². The number of thioether (sulfide) groups is 1. The molecular formula is C15H26N2OS. The van der Waals surface area contributed by atoms with Crippen LogP contribution < -0.4 is 5.32 Å². The van der Waals surface area contributed by atoms with Crippen LogP contribution in [0.15, 0.2) is 0 Å². The van der Waals surface area contributed by atoms with Gasteiger partial charge in [0.15, 0.2) is 0 Å². The van der Waals surface area contributed by atoms with E-state index < -0.39 is 0 Å². The van der Waals surface area contributed by atoms with Gasteiger partial charge in [0.25, 0.3) is 0 Å². The van der Waals surface area contributed by atoms with E-state index in [4.69, 9.17) is 0 Å². The summed E-state index contributed by atoms with van der Waals surface area (Å²) in [4.78, 5) is 14.9. The van der Waals surface area contributed by atoms with E-state index in [1.165, 1.54) is 25.7 Å². The van der Waals surface area contributed by atoms with Gasteiger partial charge >= 0.3 is 0 Å². The number of nitrogens with zero attached hydrogens (tertiary/aromatic N) is 1. The van der Waals surface area contributed by atoms with Gasteiger partial charge in [0, 0.05) is 11.3 Å². The van der Waals surface area contributed by atoms with Gasteiger partial charge in [-0.05, 0) is 51.2 Å². The van der Waals surface area contributed by atoms with E-state index in [-0.39, 0.29) is 5.54 Å². The third kappa shape index (κ3) is 2.42. The highest BCUT2D eigenvalue weighted by molar-refractivity contribution is 7.99. The van der Waals surface area contributed by atoms with Crippen LogP contribution >= 0.6 is 11.8 Å². The molecule has 1 heterocycles. The first-order valence-corrected chi connectivity index (χ1v) is 9.12. The molecule has 1 amide bonds. The van der Waals surface area contributed by atoms with Crippen molar-refractivity contribution in [2.45, 2.75) is 81.3 Å². The van der Waals surface area contributed by atoms with Crippen LogP contribution in [0, 0.1) is 0 Å². The smallest absolute Gasteiger partial charge is 0.244 e. The molecule has 0 aromatic rings. The molecule has 1 saturated heterocycles. The highest BCUT2D eigenvalue weighted by atomic mass is 32.2. The molecule has 1 unspecified atom stereocenters. The average Bonchev–Trinajstić information content (AvgIpc) is 3.15. The third-order valence-electron chi connectivity index (χ3n) is 5.11. The topological polar surface area (TPSA) is 32.3 Å². The van der Waals surface area contributed by atoms with E-state index in [0.29, 0.717) is 18.1 Å². The van der Waals surface area contributed by atoms with E-state index in [9.17, 15) is 4.79 Å². The second-order valence-corrected chi connectivity index (χ2v) is 7.55. The first kappa shape index (κ1) is 13.7. The Hall–Kier alpha value is -0.220. The average molecular weight is 282 g/mol. The highest BCUT2D eigenvalue weighted by Crippen LogP contribution is 2.45. The van der Waals surface area contributed by atoms with Crippen molar-refractivity contribution in [3.05, 3.63) is 0 Å². The van der Waals surface area contributed by atoms with Gasteiger partial charge in [-0.1, -0.05) is 13.3 Å². The molecule has 3 rings (SSSR count). The lowest BCUT2D eigenvalue weighted by atomic mass is 9.93. The molecule has 0 bridgehead atoms. The second-order valence-electron chi connectivity index (χ2n) is 6.41. The van der Waals surface area contributed by atoms with Crippen molar-refractivity contribution in [3.8, 4) is 0 Å². The maximum Gasteiger partial charge on any atom is 0.244 e. The standard InChI is InChI=1S/C15H26N2OS/c1-3-4-13-16-15(9-10-15)14(18)17(13)11-5-7-12(19-2)8-6-11/h11-13,16H,3-10H2,1-2H3. The molecule has 2 saturated carbocycles. The summed E-state index contributed by atoms with van der Waals surface area (Å²) in [6.07, 6.45) is 11.9. The van der Waals surface area contributed by atoms with Crippen molar-refractivity contribution >= 4 is 17.7 Å². The summed E-state index contributed by atoms with van der Waals surface area (Å²) in [5.74, 6) is 0.415. The lowest BCUT2D eigenvalue weighted by Crippen LogP contribution is -2.46. The van der Waals surface area contributed by atoms with Gasteiger partial charge < -0.3 is 4.90 Å². The largest absolute Gasteiger partial charge is 0.323 e. The fraction of sp³-hybridized carbons (Fsp3) is 0.933. The molecule has 3 aliphatic rings. The molecule has 108 valence electrons. The first-order valence-electron chi connectivity index (χ1n) is 7.83. The second kappa shape index (κ2) is 5.28. The molecule has 19 heavy (non-hydrogen) atoms. The Morgan fingerprint density at radius 2 is 2.00 bits per heavy atom. The number of hydrogen-bond donors (Lipinski definition) is 1. The number of rotatable bonds is 4. The molecule has 3 nitrogen and oxygen atoms in total. The molecule has 4 heteroatoms. The minimum atomic E-state index is -0.129. The maximum absolute atomic E-state index is 12.7. The van der Waals surface area contributed by atoms with Gasteiger partial charge in [0.2, 0.25) is 5.91 Å². The van der Waals surface area contributed by atoms with E-state index in [0.717, 1.165) is 30.9 Å². The molecule has 2 aliphatic carbocycles. The monoisotopic (exact) mass is 282 g/mol. The normalized spacial score (nSPS) is 37.1. The van der Waals surface area contributed by atoms with Gasteiger partial charge in [-0.15, -0.1) is 0 Å². The molecule has 0 radical (unpaired) electrons. The van der Waals surface area contributed by atoms with Crippen molar-refractivity contribution in [2.75, 3.05) is 6.26 Å². The summed E-state index contributed by atoms with van der Waals surface area (Å²) in [6, 6.07) is 0.500. The van der Waals surface area contributed by atoms with Crippen LogP contribution in [0.2, 0.25) is 0 Å². The predicted molar refractivity (Wildman–Crippen MR) is 80.2 cm³/mol. The van der Waals surface area contributed by atoms with Crippen LogP contribution in [-0.4, -0.2) is 40.1 Å². The molecule has 1 spiro atoms. The Labute approximate surface area is 120 Å². The lowest BCUT2D eigenvalue weighted by Gasteiger charge is -2.37. The van der Waals surface area contributed by atoms with Crippen LogP contribution in [0.5, 0.6) is 0 Å². The van der Waals surface area contributed by atoms with Gasteiger partial charge in [-0.3, -0.25) is 10.1 Å². The Kier molecular flexibility index (Phi) is 3.82. The summed E-state index contributed by atoms with van der Waals surface area (Å²) in [7, 11) is 0. The number of carbonyl (C=O) groups excluding carboxylic acids is 1. The van der Waals surface area contributed by atoms with Crippen molar-refractivity contribution in [3.63, 3.8) is 0 Å². The quantitative estimate of drug-likeness (QED) is 0.860. The minimum Gasteiger partial charge on any atom is -0.323 e. The summed E-state index contributed by atoms with van der Waals surface area (Å²) >= 11 is 2.00. The molecule has 0 aromatic heterocycles. The van der Waals surface area contributed by atoms with Crippen LogP contribution in [0.4, 0.5) is 0 Å². The minimum absolute atomic E-state index is 0.129. The Bertz CT molecular complexity index is 348. The van der Waals surface area contributed by atoms with E-state index in [1.54, 1.807) is 0 Å². The van der Waals surface area contributed by atoms with E-state index >= 15 is 0 Å². The number of carbonyl (C=O) groups is 1.